The highest BCUT2D eigenvalue weighted by Crippen LogP contribution is 2.25. The zero-order valence-corrected chi connectivity index (χ0v) is 18.4. The summed E-state index contributed by atoms with van der Waals surface area (Å²) in [6.45, 7) is 6.58. The molecule has 0 bridgehead atoms. The number of nitrogens with one attached hydrogen (secondary N) is 2. The predicted octanol–water partition coefficient (Wildman–Crippen LogP) is 3.46. The van der Waals surface area contributed by atoms with E-state index in [1.807, 2.05) is 20.8 Å². The molecule has 168 valence electrons. The summed E-state index contributed by atoms with van der Waals surface area (Å²) in [4.78, 5) is 31.6. The van der Waals surface area contributed by atoms with E-state index in [-0.39, 0.29) is 23.8 Å². The number of nitrogens with zero attached hydrogens (tertiary/aromatic N) is 3. The monoisotopic (exact) mass is 437 g/mol. The number of carbonyl (C=O) groups is 2. The molecule has 32 heavy (non-hydrogen) atoms. The molecule has 1 aliphatic rings. The third-order valence-electron chi connectivity index (χ3n) is 5.31. The molecule has 1 aliphatic heterocycles. The van der Waals surface area contributed by atoms with Gasteiger partial charge in [-0.3, -0.25) is 9.89 Å². The van der Waals surface area contributed by atoms with Crippen molar-refractivity contribution in [1.82, 2.24) is 25.4 Å². The number of piperidine rings is 1. The van der Waals surface area contributed by atoms with Gasteiger partial charge in [0.2, 0.25) is 0 Å². The van der Waals surface area contributed by atoms with Gasteiger partial charge in [-0.2, -0.15) is 5.10 Å². The Hall–Kier alpha value is -3.62. The number of H-pyrrole nitrogens is 1. The second-order valence-corrected chi connectivity index (χ2v) is 8.95. The fourth-order valence-electron chi connectivity index (χ4n) is 3.69. The molecule has 1 fully saturated rings. The van der Waals surface area contributed by atoms with Crippen molar-refractivity contribution >= 4 is 23.0 Å². The second kappa shape index (κ2) is 8.49. The van der Waals surface area contributed by atoms with Gasteiger partial charge < -0.3 is 20.1 Å². The Morgan fingerprint density at radius 1 is 1.19 bits per heavy atom. The molecule has 2 aromatic heterocycles. The number of aromatic amines is 1. The van der Waals surface area contributed by atoms with Crippen LogP contribution in [-0.2, 0) is 4.74 Å². The van der Waals surface area contributed by atoms with E-state index in [4.69, 9.17) is 4.74 Å². The summed E-state index contributed by atoms with van der Waals surface area (Å²) >= 11 is 0. The van der Waals surface area contributed by atoms with Crippen molar-refractivity contribution in [1.29, 1.82) is 0 Å². The average Bonchev–Trinajstić information content (AvgIpc) is 3.21. The normalized spacial score (nSPS) is 15.0. The summed E-state index contributed by atoms with van der Waals surface area (Å²) in [5.41, 5.74) is 1.84. The lowest BCUT2D eigenvalue weighted by molar-refractivity contribution is 0.0199. The Bertz CT molecular complexity index is 1130. The summed E-state index contributed by atoms with van der Waals surface area (Å²) in [6, 6.07) is 8.32. The van der Waals surface area contributed by atoms with Crippen molar-refractivity contribution in [3.8, 4) is 17.0 Å². The average molecular weight is 438 g/mol. The number of fused-ring (bicyclic) bond motifs is 1. The summed E-state index contributed by atoms with van der Waals surface area (Å²) in [5, 5.41) is 20.1. The fourth-order valence-corrected chi connectivity index (χ4v) is 3.69. The van der Waals surface area contributed by atoms with Gasteiger partial charge in [-0.15, -0.1) is 0 Å². The molecule has 1 saturated heterocycles. The summed E-state index contributed by atoms with van der Waals surface area (Å²) in [5.74, 6) is -0.0541. The van der Waals surface area contributed by atoms with Crippen molar-refractivity contribution in [2.24, 2.45) is 0 Å². The Morgan fingerprint density at radius 3 is 2.53 bits per heavy atom. The van der Waals surface area contributed by atoms with Gasteiger partial charge in [0, 0.05) is 24.7 Å². The topological polar surface area (TPSA) is 120 Å². The number of likely N-dealkylation sites (tertiary alicyclic amines) is 1. The molecular formula is C23H27N5O4. The molecule has 9 heteroatoms. The Morgan fingerprint density at radius 2 is 1.88 bits per heavy atom. The molecule has 3 aromatic rings. The minimum absolute atomic E-state index is 0.0478. The molecule has 0 aliphatic carbocycles. The molecule has 0 spiro atoms. The summed E-state index contributed by atoms with van der Waals surface area (Å²) in [7, 11) is 0. The minimum Gasteiger partial charge on any atom is -0.508 e. The molecule has 3 heterocycles. The minimum atomic E-state index is -0.533. The van der Waals surface area contributed by atoms with Crippen LogP contribution in [0, 0.1) is 0 Å². The van der Waals surface area contributed by atoms with E-state index in [1.165, 1.54) is 0 Å². The molecule has 0 atom stereocenters. The van der Waals surface area contributed by atoms with E-state index in [2.05, 4.69) is 20.5 Å². The first kappa shape index (κ1) is 21.6. The highest BCUT2D eigenvalue weighted by Gasteiger charge is 2.28. The number of hydrogen-bond acceptors (Lipinski definition) is 6. The van der Waals surface area contributed by atoms with Gasteiger partial charge in [0.05, 0.1) is 22.8 Å². The number of carbonyl (C=O) groups excluding carboxylic acids is 2. The van der Waals surface area contributed by atoms with Gasteiger partial charge in [0.15, 0.2) is 5.65 Å². The number of aromatic nitrogens is 3. The molecule has 9 nitrogen and oxygen atoms in total. The molecular weight excluding hydrogens is 410 g/mol. The smallest absolute Gasteiger partial charge is 0.410 e. The van der Waals surface area contributed by atoms with Gasteiger partial charge in [0.25, 0.3) is 5.91 Å². The van der Waals surface area contributed by atoms with Crippen LogP contribution in [0.25, 0.3) is 22.3 Å². The van der Waals surface area contributed by atoms with Crippen LogP contribution < -0.4 is 5.32 Å². The maximum Gasteiger partial charge on any atom is 0.410 e. The third kappa shape index (κ3) is 4.82. The summed E-state index contributed by atoms with van der Waals surface area (Å²) < 4.78 is 5.43. The first-order chi connectivity index (χ1) is 15.2. The zero-order valence-electron chi connectivity index (χ0n) is 18.4. The number of amides is 2. The zero-order chi connectivity index (χ0) is 22.9. The van der Waals surface area contributed by atoms with Crippen LogP contribution in [0.15, 0.2) is 36.5 Å². The van der Waals surface area contributed by atoms with Gasteiger partial charge in [-0.05, 0) is 63.9 Å². The Kier molecular flexibility index (Phi) is 5.73. The van der Waals surface area contributed by atoms with Crippen molar-refractivity contribution < 1.29 is 19.4 Å². The van der Waals surface area contributed by atoms with E-state index in [0.717, 1.165) is 5.56 Å². The lowest BCUT2D eigenvalue weighted by Crippen LogP contribution is -2.47. The number of aromatic hydroxyl groups is 1. The molecule has 1 aromatic carbocycles. The second-order valence-electron chi connectivity index (χ2n) is 8.95. The van der Waals surface area contributed by atoms with Gasteiger partial charge in [0.1, 0.15) is 11.4 Å². The number of ether oxygens (including phenoxy) is 1. The van der Waals surface area contributed by atoms with Crippen molar-refractivity contribution in [3.63, 3.8) is 0 Å². The maximum atomic E-state index is 13.1. The fraction of sp³-hybridized carbons (Fsp3) is 0.391. The number of phenols is 1. The van der Waals surface area contributed by atoms with Crippen LogP contribution in [0.5, 0.6) is 5.75 Å². The first-order valence-corrected chi connectivity index (χ1v) is 10.6. The molecule has 0 saturated carbocycles. The molecule has 3 N–H and O–H groups in total. The number of pyridine rings is 1. The lowest BCUT2D eigenvalue weighted by atomic mass is 10.0. The number of rotatable bonds is 3. The molecule has 0 unspecified atom stereocenters. The van der Waals surface area contributed by atoms with Crippen LogP contribution in [0.3, 0.4) is 0 Å². The molecule has 4 rings (SSSR count). The summed E-state index contributed by atoms with van der Waals surface area (Å²) in [6.07, 6.45) is 2.56. The van der Waals surface area contributed by atoms with Crippen LogP contribution in [0.4, 0.5) is 4.79 Å². The Labute approximate surface area is 185 Å². The van der Waals surface area contributed by atoms with E-state index < -0.39 is 5.60 Å². The van der Waals surface area contributed by atoms with Gasteiger partial charge >= 0.3 is 6.09 Å². The SMILES string of the molecule is CC(C)(C)OC(=O)N1CCC(NC(=O)c2cc(-c3ccc(O)cc3)nc3[nH]ncc23)CC1. The van der Waals surface area contributed by atoms with Crippen molar-refractivity contribution in [3.05, 3.63) is 42.1 Å². The largest absolute Gasteiger partial charge is 0.508 e. The van der Waals surface area contributed by atoms with Crippen LogP contribution in [-0.4, -0.2) is 61.9 Å². The van der Waals surface area contributed by atoms with E-state index >= 15 is 0 Å². The van der Waals surface area contributed by atoms with Crippen LogP contribution in [0.1, 0.15) is 44.0 Å². The first-order valence-electron chi connectivity index (χ1n) is 10.6. The van der Waals surface area contributed by atoms with E-state index in [1.54, 1.807) is 41.4 Å². The number of benzene rings is 1. The quantitative estimate of drug-likeness (QED) is 0.577. The number of hydrogen-bond donors (Lipinski definition) is 3. The standard InChI is InChI=1S/C23H27N5O4/c1-23(2,3)32-22(31)28-10-8-15(9-11-28)25-21(30)17-12-19(14-4-6-16(29)7-5-14)26-20-18(17)13-24-27-20/h4-7,12-13,15,29H,8-11H2,1-3H3,(H,25,30)(H,24,26,27). The van der Waals surface area contributed by atoms with Crippen LogP contribution in [0.2, 0.25) is 0 Å². The van der Waals surface area contributed by atoms with E-state index in [0.29, 0.717) is 48.2 Å². The van der Waals surface area contributed by atoms with Gasteiger partial charge in [-0.25, -0.2) is 9.78 Å². The maximum absolute atomic E-state index is 13.1. The highest BCUT2D eigenvalue weighted by atomic mass is 16.6. The molecule has 2 amide bonds. The van der Waals surface area contributed by atoms with Crippen molar-refractivity contribution in [2.75, 3.05) is 13.1 Å². The van der Waals surface area contributed by atoms with Crippen molar-refractivity contribution in [2.45, 2.75) is 45.3 Å². The highest BCUT2D eigenvalue weighted by molar-refractivity contribution is 6.06. The lowest BCUT2D eigenvalue weighted by Gasteiger charge is -2.33. The predicted molar refractivity (Wildman–Crippen MR) is 119 cm³/mol. The number of phenolic OH excluding ortho intramolecular Hbond substituents is 1. The van der Waals surface area contributed by atoms with E-state index in [9.17, 15) is 14.7 Å². The third-order valence-corrected chi connectivity index (χ3v) is 5.31. The Balaban J connectivity index is 1.47. The molecule has 0 radical (unpaired) electrons. The van der Waals surface area contributed by atoms with Gasteiger partial charge in [-0.1, -0.05) is 0 Å². The van der Waals surface area contributed by atoms with Crippen LogP contribution >= 0.6 is 0 Å².